The van der Waals surface area contributed by atoms with Crippen molar-refractivity contribution >= 4 is 11.9 Å². The zero-order chi connectivity index (χ0) is 14.0. The van der Waals surface area contributed by atoms with Gasteiger partial charge in [0, 0.05) is 13.1 Å². The van der Waals surface area contributed by atoms with E-state index in [9.17, 15) is 9.90 Å². The van der Waals surface area contributed by atoms with Crippen LogP contribution in [0.4, 0.5) is 5.95 Å². The molecule has 2 heterocycles. The molecule has 1 saturated heterocycles. The van der Waals surface area contributed by atoms with Gasteiger partial charge in [-0.25, -0.2) is 4.98 Å². The smallest absolute Gasteiger partial charge is 0.311 e. The molecule has 0 spiro atoms. The van der Waals surface area contributed by atoms with Gasteiger partial charge in [-0.3, -0.25) is 4.79 Å². The van der Waals surface area contributed by atoms with Crippen LogP contribution in [0.2, 0.25) is 0 Å². The second-order valence-corrected chi connectivity index (χ2v) is 5.29. The molecule has 2 rings (SSSR count). The molecule has 1 aliphatic heterocycles. The van der Waals surface area contributed by atoms with E-state index in [0.717, 1.165) is 17.8 Å². The van der Waals surface area contributed by atoms with Gasteiger partial charge in [-0.1, -0.05) is 13.3 Å². The fraction of sp³-hybridized carbons (Fsp3) is 0.692. The Labute approximate surface area is 112 Å². The number of aromatic nitrogens is 3. The molecule has 6 nitrogen and oxygen atoms in total. The lowest BCUT2D eigenvalue weighted by molar-refractivity contribution is -0.148. The van der Waals surface area contributed by atoms with Crippen molar-refractivity contribution in [3.63, 3.8) is 0 Å². The molecule has 0 radical (unpaired) electrons. The predicted octanol–water partition coefficient (Wildman–Crippen LogP) is 1.57. The van der Waals surface area contributed by atoms with Crippen LogP contribution in [0.25, 0.3) is 0 Å². The van der Waals surface area contributed by atoms with Crippen LogP contribution in [0.1, 0.15) is 37.6 Å². The van der Waals surface area contributed by atoms with E-state index in [1.165, 1.54) is 0 Å². The summed E-state index contributed by atoms with van der Waals surface area (Å²) < 4.78 is 0. The van der Waals surface area contributed by atoms with Crippen molar-refractivity contribution in [1.82, 2.24) is 15.2 Å². The monoisotopic (exact) mass is 264 g/mol. The molecule has 104 valence electrons. The second kappa shape index (κ2) is 5.11. The third kappa shape index (κ3) is 2.52. The van der Waals surface area contributed by atoms with E-state index in [-0.39, 0.29) is 0 Å². The van der Waals surface area contributed by atoms with Gasteiger partial charge in [0.25, 0.3) is 0 Å². The number of anilines is 1. The van der Waals surface area contributed by atoms with Gasteiger partial charge in [0.1, 0.15) is 0 Å². The Morgan fingerprint density at radius 1 is 1.37 bits per heavy atom. The molecule has 0 saturated carbocycles. The van der Waals surface area contributed by atoms with Crippen molar-refractivity contribution in [3.8, 4) is 0 Å². The Morgan fingerprint density at radius 2 is 2.11 bits per heavy atom. The van der Waals surface area contributed by atoms with E-state index in [4.69, 9.17) is 0 Å². The standard InChI is InChI=1S/C13H20N4O2/c1-4-5-13(11(18)19)6-7-17(8-13)12-14-9(2)10(3)15-16-12/h4-8H2,1-3H3,(H,18,19). The summed E-state index contributed by atoms with van der Waals surface area (Å²) in [7, 11) is 0. The topological polar surface area (TPSA) is 79.2 Å². The maximum Gasteiger partial charge on any atom is 0.311 e. The van der Waals surface area contributed by atoms with Gasteiger partial charge < -0.3 is 10.0 Å². The highest BCUT2D eigenvalue weighted by Crippen LogP contribution is 2.36. The summed E-state index contributed by atoms with van der Waals surface area (Å²) in [6, 6.07) is 0. The third-order valence-electron chi connectivity index (χ3n) is 3.90. The summed E-state index contributed by atoms with van der Waals surface area (Å²) in [6.45, 7) is 6.92. The Kier molecular flexibility index (Phi) is 3.68. The first kappa shape index (κ1) is 13.7. The number of carboxylic acids is 1. The van der Waals surface area contributed by atoms with Gasteiger partial charge in [0.2, 0.25) is 5.95 Å². The van der Waals surface area contributed by atoms with Crippen LogP contribution in [0.3, 0.4) is 0 Å². The van der Waals surface area contributed by atoms with Gasteiger partial charge in [0.05, 0.1) is 16.8 Å². The highest BCUT2D eigenvalue weighted by atomic mass is 16.4. The van der Waals surface area contributed by atoms with Crippen LogP contribution < -0.4 is 4.90 Å². The lowest BCUT2D eigenvalue weighted by Crippen LogP contribution is -2.35. The summed E-state index contributed by atoms with van der Waals surface area (Å²) >= 11 is 0. The lowest BCUT2D eigenvalue weighted by atomic mass is 9.83. The predicted molar refractivity (Wildman–Crippen MR) is 71.1 cm³/mol. The number of nitrogens with zero attached hydrogens (tertiary/aromatic N) is 4. The Bertz CT molecular complexity index is 492. The van der Waals surface area contributed by atoms with Gasteiger partial charge in [-0.15, -0.1) is 5.10 Å². The first-order chi connectivity index (χ1) is 8.98. The Morgan fingerprint density at radius 3 is 2.68 bits per heavy atom. The van der Waals surface area contributed by atoms with Crippen molar-refractivity contribution < 1.29 is 9.90 Å². The molecule has 0 aliphatic carbocycles. The molecular formula is C13H20N4O2. The average molecular weight is 264 g/mol. The number of hydrogen-bond donors (Lipinski definition) is 1. The summed E-state index contributed by atoms with van der Waals surface area (Å²) in [6.07, 6.45) is 2.20. The van der Waals surface area contributed by atoms with Crippen molar-refractivity contribution in [1.29, 1.82) is 0 Å². The van der Waals surface area contributed by atoms with Gasteiger partial charge in [-0.05, 0) is 26.7 Å². The van der Waals surface area contributed by atoms with Crippen LogP contribution in [-0.4, -0.2) is 39.3 Å². The highest BCUT2D eigenvalue weighted by molar-refractivity contribution is 5.76. The molecule has 1 fully saturated rings. The molecule has 1 aliphatic rings. The molecule has 1 aromatic heterocycles. The van der Waals surface area contributed by atoms with Gasteiger partial charge >= 0.3 is 5.97 Å². The molecular weight excluding hydrogens is 244 g/mol. The average Bonchev–Trinajstić information content (AvgIpc) is 2.79. The molecule has 1 N–H and O–H groups in total. The minimum atomic E-state index is -0.714. The maximum absolute atomic E-state index is 11.5. The largest absolute Gasteiger partial charge is 0.481 e. The summed E-state index contributed by atoms with van der Waals surface area (Å²) in [5, 5.41) is 17.6. The molecule has 0 amide bonds. The van der Waals surface area contributed by atoms with Crippen LogP contribution in [0.15, 0.2) is 0 Å². The summed E-state index contributed by atoms with van der Waals surface area (Å²) in [5.74, 6) is -0.170. The minimum Gasteiger partial charge on any atom is -0.481 e. The lowest BCUT2D eigenvalue weighted by Gasteiger charge is -2.24. The molecule has 6 heteroatoms. The van der Waals surface area contributed by atoms with E-state index >= 15 is 0 Å². The summed E-state index contributed by atoms with van der Waals surface area (Å²) in [4.78, 5) is 17.9. The molecule has 1 unspecified atom stereocenters. The van der Waals surface area contributed by atoms with Crippen LogP contribution >= 0.6 is 0 Å². The third-order valence-corrected chi connectivity index (χ3v) is 3.90. The number of rotatable bonds is 4. The Balaban J connectivity index is 2.20. The van der Waals surface area contributed by atoms with Crippen molar-refractivity contribution in [2.45, 2.75) is 40.0 Å². The van der Waals surface area contributed by atoms with Crippen molar-refractivity contribution in [2.75, 3.05) is 18.0 Å². The summed E-state index contributed by atoms with van der Waals surface area (Å²) in [5.41, 5.74) is 0.992. The van der Waals surface area contributed by atoms with Crippen LogP contribution in [0, 0.1) is 19.3 Å². The SMILES string of the molecule is CCCC1(C(=O)O)CCN(c2nnc(C)c(C)n2)C1. The van der Waals surface area contributed by atoms with Crippen molar-refractivity contribution in [2.24, 2.45) is 5.41 Å². The van der Waals surface area contributed by atoms with E-state index in [1.54, 1.807) is 0 Å². The molecule has 0 aromatic carbocycles. The fourth-order valence-corrected chi connectivity index (χ4v) is 2.59. The van der Waals surface area contributed by atoms with E-state index in [2.05, 4.69) is 15.2 Å². The van der Waals surface area contributed by atoms with Crippen LogP contribution in [-0.2, 0) is 4.79 Å². The quantitative estimate of drug-likeness (QED) is 0.889. The van der Waals surface area contributed by atoms with Gasteiger partial charge in [-0.2, -0.15) is 5.10 Å². The highest BCUT2D eigenvalue weighted by Gasteiger charge is 2.44. The minimum absolute atomic E-state index is 0.473. The van der Waals surface area contributed by atoms with E-state index < -0.39 is 11.4 Å². The van der Waals surface area contributed by atoms with E-state index in [0.29, 0.717) is 31.9 Å². The van der Waals surface area contributed by atoms with E-state index in [1.807, 2.05) is 25.7 Å². The molecule has 1 atom stereocenters. The number of aryl methyl sites for hydroxylation is 2. The number of hydrogen-bond acceptors (Lipinski definition) is 5. The normalized spacial score (nSPS) is 22.8. The molecule has 1 aromatic rings. The van der Waals surface area contributed by atoms with Crippen molar-refractivity contribution in [3.05, 3.63) is 11.4 Å². The number of carbonyl (C=O) groups is 1. The Hall–Kier alpha value is -1.72. The molecule has 0 bridgehead atoms. The first-order valence-electron chi connectivity index (χ1n) is 6.65. The number of carboxylic acid groups (broad SMARTS) is 1. The van der Waals surface area contributed by atoms with Crippen LogP contribution in [0.5, 0.6) is 0 Å². The van der Waals surface area contributed by atoms with Gasteiger partial charge in [0.15, 0.2) is 0 Å². The maximum atomic E-state index is 11.5. The second-order valence-electron chi connectivity index (χ2n) is 5.29. The molecule has 19 heavy (non-hydrogen) atoms. The number of aliphatic carboxylic acids is 1. The fourth-order valence-electron chi connectivity index (χ4n) is 2.59. The first-order valence-corrected chi connectivity index (χ1v) is 6.65. The zero-order valence-corrected chi connectivity index (χ0v) is 11.7. The zero-order valence-electron chi connectivity index (χ0n) is 11.7.